The first-order chi connectivity index (χ1) is 13.5. The second-order valence-corrected chi connectivity index (χ2v) is 8.84. The average molecular weight is 419 g/mol. The molecule has 0 aliphatic carbocycles. The standard InChI is InChI=1S/C21H26N2O5S/c1-14(2)28-21(25)13-23(20-8-6-7-15(3)16(20)4)29(26,27)19-11-9-18(10-12-19)22-17(5)24/h6-12,14H,13H2,1-5H3,(H,22,24). The van der Waals surface area contributed by atoms with Crippen molar-refractivity contribution in [1.82, 2.24) is 0 Å². The van der Waals surface area contributed by atoms with Gasteiger partial charge in [-0.1, -0.05) is 12.1 Å². The zero-order valence-electron chi connectivity index (χ0n) is 17.2. The van der Waals surface area contributed by atoms with Crippen molar-refractivity contribution >= 4 is 33.3 Å². The quantitative estimate of drug-likeness (QED) is 0.696. The van der Waals surface area contributed by atoms with Gasteiger partial charge >= 0.3 is 5.97 Å². The van der Waals surface area contributed by atoms with E-state index in [1.807, 2.05) is 13.0 Å². The zero-order valence-corrected chi connectivity index (χ0v) is 18.0. The van der Waals surface area contributed by atoms with Crippen LogP contribution in [0.15, 0.2) is 47.4 Å². The van der Waals surface area contributed by atoms with Crippen LogP contribution in [0.2, 0.25) is 0 Å². The van der Waals surface area contributed by atoms with Crippen LogP contribution < -0.4 is 9.62 Å². The molecule has 0 radical (unpaired) electrons. The van der Waals surface area contributed by atoms with E-state index in [0.717, 1.165) is 15.4 Å². The minimum absolute atomic E-state index is 0.00450. The molecule has 156 valence electrons. The molecule has 0 aromatic heterocycles. The first-order valence-electron chi connectivity index (χ1n) is 9.18. The number of hydrogen-bond donors (Lipinski definition) is 1. The molecule has 0 aliphatic rings. The number of esters is 1. The summed E-state index contributed by atoms with van der Waals surface area (Å²) in [5, 5.41) is 2.59. The number of aryl methyl sites for hydroxylation is 1. The molecule has 0 saturated heterocycles. The van der Waals surface area contributed by atoms with E-state index in [1.54, 1.807) is 32.9 Å². The highest BCUT2D eigenvalue weighted by molar-refractivity contribution is 7.92. The predicted octanol–water partition coefficient (Wildman–Crippen LogP) is 3.41. The van der Waals surface area contributed by atoms with Crippen LogP contribution in [-0.4, -0.2) is 32.9 Å². The second kappa shape index (κ2) is 9.09. The van der Waals surface area contributed by atoms with Crippen molar-refractivity contribution in [2.45, 2.75) is 45.6 Å². The van der Waals surface area contributed by atoms with Crippen molar-refractivity contribution in [3.8, 4) is 0 Å². The molecule has 0 bridgehead atoms. The van der Waals surface area contributed by atoms with E-state index >= 15 is 0 Å². The van der Waals surface area contributed by atoms with Gasteiger partial charge in [-0.15, -0.1) is 0 Å². The Balaban J connectivity index is 2.49. The molecule has 0 heterocycles. The molecule has 2 aromatic rings. The number of rotatable bonds is 7. The number of amides is 1. The molecular formula is C21H26N2O5S. The topological polar surface area (TPSA) is 92.8 Å². The molecule has 1 N–H and O–H groups in total. The number of carbonyl (C=O) groups is 2. The van der Waals surface area contributed by atoms with Crippen LogP contribution in [-0.2, 0) is 24.3 Å². The Morgan fingerprint density at radius 2 is 1.69 bits per heavy atom. The van der Waals surface area contributed by atoms with Gasteiger partial charge in [0.15, 0.2) is 0 Å². The van der Waals surface area contributed by atoms with Gasteiger partial charge in [0.25, 0.3) is 10.0 Å². The Hall–Kier alpha value is -2.87. The van der Waals surface area contributed by atoms with Crippen LogP contribution in [0.3, 0.4) is 0 Å². The summed E-state index contributed by atoms with van der Waals surface area (Å²) in [5.74, 6) is -0.895. The summed E-state index contributed by atoms with van der Waals surface area (Å²) >= 11 is 0. The lowest BCUT2D eigenvalue weighted by Gasteiger charge is -2.26. The molecule has 2 rings (SSSR count). The van der Waals surface area contributed by atoms with Gasteiger partial charge in [-0.25, -0.2) is 8.42 Å². The van der Waals surface area contributed by atoms with Crippen molar-refractivity contribution in [3.05, 3.63) is 53.6 Å². The summed E-state index contributed by atoms with van der Waals surface area (Å²) in [4.78, 5) is 23.5. The van der Waals surface area contributed by atoms with Crippen LogP contribution in [0.25, 0.3) is 0 Å². The molecule has 1 amide bonds. The molecule has 8 heteroatoms. The molecule has 0 spiro atoms. The summed E-state index contributed by atoms with van der Waals surface area (Å²) < 4.78 is 33.0. The number of sulfonamides is 1. The van der Waals surface area contributed by atoms with Crippen molar-refractivity contribution in [3.63, 3.8) is 0 Å². The number of anilines is 2. The summed E-state index contributed by atoms with van der Waals surface area (Å²) in [7, 11) is -4.05. The monoisotopic (exact) mass is 418 g/mol. The van der Waals surface area contributed by atoms with Gasteiger partial charge in [0.1, 0.15) is 6.54 Å². The van der Waals surface area contributed by atoms with Gasteiger partial charge in [-0.2, -0.15) is 0 Å². The van der Waals surface area contributed by atoms with E-state index in [1.165, 1.54) is 31.2 Å². The van der Waals surface area contributed by atoms with Crippen molar-refractivity contribution < 1.29 is 22.7 Å². The number of hydrogen-bond acceptors (Lipinski definition) is 5. The predicted molar refractivity (Wildman–Crippen MR) is 112 cm³/mol. The fourth-order valence-electron chi connectivity index (χ4n) is 2.76. The third kappa shape index (κ3) is 5.57. The first kappa shape index (κ1) is 22.4. The van der Waals surface area contributed by atoms with E-state index in [-0.39, 0.29) is 16.9 Å². The molecule has 29 heavy (non-hydrogen) atoms. The smallest absolute Gasteiger partial charge is 0.327 e. The third-order valence-electron chi connectivity index (χ3n) is 4.25. The Morgan fingerprint density at radius 1 is 1.07 bits per heavy atom. The summed E-state index contributed by atoms with van der Waals surface area (Å²) in [5.41, 5.74) is 2.55. The third-order valence-corrected chi connectivity index (χ3v) is 6.02. The summed E-state index contributed by atoms with van der Waals surface area (Å²) in [6.45, 7) is 8.01. The number of benzene rings is 2. The van der Waals surface area contributed by atoms with Gasteiger partial charge in [-0.3, -0.25) is 13.9 Å². The van der Waals surface area contributed by atoms with Crippen molar-refractivity contribution in [1.29, 1.82) is 0 Å². The Morgan fingerprint density at radius 3 is 2.24 bits per heavy atom. The van der Waals surface area contributed by atoms with E-state index in [2.05, 4.69) is 5.32 Å². The van der Waals surface area contributed by atoms with Gasteiger partial charge in [0.2, 0.25) is 5.91 Å². The van der Waals surface area contributed by atoms with E-state index in [4.69, 9.17) is 4.74 Å². The lowest BCUT2D eigenvalue weighted by Crippen LogP contribution is -2.37. The van der Waals surface area contributed by atoms with Gasteiger partial charge in [-0.05, 0) is 69.2 Å². The van der Waals surface area contributed by atoms with Gasteiger partial charge in [0, 0.05) is 12.6 Å². The molecular weight excluding hydrogens is 392 g/mol. The van der Waals surface area contributed by atoms with E-state index < -0.39 is 22.5 Å². The number of ether oxygens (including phenoxy) is 1. The van der Waals surface area contributed by atoms with Crippen molar-refractivity contribution in [2.75, 3.05) is 16.2 Å². The lowest BCUT2D eigenvalue weighted by molar-refractivity contribution is -0.145. The normalized spacial score (nSPS) is 11.2. The van der Waals surface area contributed by atoms with Crippen LogP contribution in [0.4, 0.5) is 11.4 Å². The molecule has 0 unspecified atom stereocenters. The Kier molecular flexibility index (Phi) is 7.02. The lowest BCUT2D eigenvalue weighted by atomic mass is 10.1. The van der Waals surface area contributed by atoms with Crippen molar-refractivity contribution in [2.24, 2.45) is 0 Å². The average Bonchev–Trinajstić information content (AvgIpc) is 2.61. The largest absolute Gasteiger partial charge is 0.462 e. The second-order valence-electron chi connectivity index (χ2n) is 6.97. The number of nitrogens with one attached hydrogen (secondary N) is 1. The minimum Gasteiger partial charge on any atom is -0.462 e. The zero-order chi connectivity index (χ0) is 21.8. The van der Waals surface area contributed by atoms with Gasteiger partial charge in [0.05, 0.1) is 16.7 Å². The molecule has 0 aliphatic heterocycles. The minimum atomic E-state index is -4.05. The Bertz CT molecular complexity index is 998. The summed E-state index contributed by atoms with van der Waals surface area (Å²) in [6.07, 6.45) is -0.359. The highest BCUT2D eigenvalue weighted by Crippen LogP contribution is 2.29. The molecule has 2 aromatic carbocycles. The van der Waals surface area contributed by atoms with Crippen LogP contribution >= 0.6 is 0 Å². The molecule has 0 atom stereocenters. The van der Waals surface area contributed by atoms with Gasteiger partial charge < -0.3 is 10.1 Å². The van der Waals surface area contributed by atoms with E-state index in [0.29, 0.717) is 11.4 Å². The molecule has 7 nitrogen and oxygen atoms in total. The maximum atomic E-state index is 13.4. The maximum Gasteiger partial charge on any atom is 0.327 e. The number of carbonyl (C=O) groups excluding carboxylic acids is 2. The van der Waals surface area contributed by atoms with Crippen LogP contribution in [0.1, 0.15) is 31.9 Å². The SMILES string of the molecule is CC(=O)Nc1ccc(S(=O)(=O)N(CC(=O)OC(C)C)c2cccc(C)c2C)cc1. The summed E-state index contributed by atoms with van der Waals surface area (Å²) in [6, 6.07) is 11.1. The highest BCUT2D eigenvalue weighted by Gasteiger charge is 2.29. The maximum absolute atomic E-state index is 13.4. The fourth-order valence-corrected chi connectivity index (χ4v) is 4.23. The highest BCUT2D eigenvalue weighted by atomic mass is 32.2. The molecule has 0 saturated carbocycles. The first-order valence-corrected chi connectivity index (χ1v) is 10.6. The molecule has 0 fully saturated rings. The fraction of sp³-hybridized carbons (Fsp3) is 0.333. The van der Waals surface area contributed by atoms with Crippen LogP contribution in [0, 0.1) is 13.8 Å². The van der Waals surface area contributed by atoms with E-state index in [9.17, 15) is 18.0 Å². The van der Waals surface area contributed by atoms with Crippen LogP contribution in [0.5, 0.6) is 0 Å². The Labute approximate surface area is 171 Å². The number of nitrogens with zero attached hydrogens (tertiary/aromatic N) is 1.